The zero-order valence-corrected chi connectivity index (χ0v) is 10.8. The van der Waals surface area contributed by atoms with E-state index in [9.17, 15) is 9.59 Å². The Hall–Kier alpha value is -1.10. The number of nitrogens with one attached hydrogen (secondary N) is 1. The number of aliphatic carboxylic acids is 1. The van der Waals surface area contributed by atoms with Crippen LogP contribution in [0.5, 0.6) is 0 Å². The molecular formula is C12H22N2O3. The third-order valence-corrected chi connectivity index (χ3v) is 3.28. The first kappa shape index (κ1) is 14.0. The minimum atomic E-state index is -0.798. The van der Waals surface area contributed by atoms with Gasteiger partial charge in [-0.15, -0.1) is 0 Å². The van der Waals surface area contributed by atoms with Gasteiger partial charge in [0.05, 0.1) is 5.92 Å². The lowest BCUT2D eigenvalue weighted by Gasteiger charge is -2.23. The van der Waals surface area contributed by atoms with Crippen molar-refractivity contribution in [2.75, 3.05) is 13.1 Å². The van der Waals surface area contributed by atoms with Crippen LogP contribution in [-0.2, 0) is 9.59 Å². The number of hydrogen-bond acceptors (Lipinski definition) is 3. The number of amides is 1. The molecule has 2 atom stereocenters. The minimum absolute atomic E-state index is 0.0504. The Bertz CT molecular complexity index is 291. The van der Waals surface area contributed by atoms with Gasteiger partial charge in [0.15, 0.2) is 0 Å². The number of nitrogens with zero attached hydrogens (tertiary/aromatic N) is 1. The fourth-order valence-corrected chi connectivity index (χ4v) is 2.23. The number of likely N-dealkylation sites (tertiary alicyclic amines) is 1. The van der Waals surface area contributed by atoms with Crippen LogP contribution in [0.4, 0.5) is 0 Å². The van der Waals surface area contributed by atoms with E-state index < -0.39 is 11.9 Å². The first-order valence-corrected chi connectivity index (χ1v) is 6.19. The standard InChI is InChI=1S/C12H22N2O3/c1-8(2)13-6-4-11(15)14-7-5-10(9(14)3)12(16)17/h8-10,13H,4-7H2,1-3H3,(H,16,17). The van der Waals surface area contributed by atoms with E-state index in [0.29, 0.717) is 32.0 Å². The lowest BCUT2D eigenvalue weighted by molar-refractivity contribution is -0.143. The summed E-state index contributed by atoms with van der Waals surface area (Å²) in [6.07, 6.45) is 1.01. The number of rotatable bonds is 5. The predicted molar refractivity (Wildman–Crippen MR) is 64.7 cm³/mol. The van der Waals surface area contributed by atoms with E-state index in [0.717, 1.165) is 0 Å². The molecule has 0 aliphatic carbocycles. The van der Waals surface area contributed by atoms with Crippen LogP contribution in [0.2, 0.25) is 0 Å². The van der Waals surface area contributed by atoms with Crippen molar-refractivity contribution in [2.24, 2.45) is 5.92 Å². The molecule has 1 heterocycles. The van der Waals surface area contributed by atoms with Crippen LogP contribution in [0.3, 0.4) is 0 Å². The summed E-state index contributed by atoms with van der Waals surface area (Å²) in [6, 6.07) is 0.185. The van der Waals surface area contributed by atoms with Crippen molar-refractivity contribution < 1.29 is 14.7 Å². The second kappa shape index (κ2) is 6.00. The molecule has 1 rings (SSSR count). The second-order valence-electron chi connectivity index (χ2n) is 4.92. The van der Waals surface area contributed by atoms with Crippen molar-refractivity contribution in [1.82, 2.24) is 10.2 Å². The summed E-state index contributed by atoms with van der Waals surface area (Å²) in [7, 11) is 0. The zero-order valence-electron chi connectivity index (χ0n) is 10.8. The number of hydrogen-bond donors (Lipinski definition) is 2. The smallest absolute Gasteiger partial charge is 0.308 e. The van der Waals surface area contributed by atoms with Gasteiger partial charge in [0.2, 0.25) is 5.91 Å². The number of carbonyl (C=O) groups excluding carboxylic acids is 1. The molecule has 5 nitrogen and oxygen atoms in total. The average Bonchev–Trinajstić information content (AvgIpc) is 2.59. The van der Waals surface area contributed by atoms with Gasteiger partial charge in [-0.1, -0.05) is 13.8 Å². The Morgan fingerprint density at radius 3 is 2.59 bits per heavy atom. The molecule has 0 aromatic carbocycles. The monoisotopic (exact) mass is 242 g/mol. The van der Waals surface area contributed by atoms with E-state index in [1.54, 1.807) is 4.90 Å². The number of carbonyl (C=O) groups is 2. The normalized spacial score (nSPS) is 24.4. The van der Waals surface area contributed by atoms with Crippen molar-refractivity contribution in [3.63, 3.8) is 0 Å². The average molecular weight is 242 g/mol. The van der Waals surface area contributed by atoms with Crippen LogP contribution >= 0.6 is 0 Å². The van der Waals surface area contributed by atoms with Crippen LogP contribution in [0.1, 0.15) is 33.6 Å². The van der Waals surface area contributed by atoms with E-state index in [-0.39, 0.29) is 11.9 Å². The highest BCUT2D eigenvalue weighted by molar-refractivity contribution is 5.79. The number of carboxylic acids is 1. The van der Waals surface area contributed by atoms with E-state index in [4.69, 9.17) is 5.11 Å². The Morgan fingerprint density at radius 2 is 2.12 bits per heavy atom. The van der Waals surface area contributed by atoms with Crippen molar-refractivity contribution >= 4 is 11.9 Å². The first-order valence-electron chi connectivity index (χ1n) is 6.19. The molecule has 1 aliphatic heterocycles. The van der Waals surface area contributed by atoms with Gasteiger partial charge in [0.25, 0.3) is 0 Å². The van der Waals surface area contributed by atoms with Crippen LogP contribution in [0.15, 0.2) is 0 Å². The van der Waals surface area contributed by atoms with Crippen LogP contribution in [0, 0.1) is 5.92 Å². The van der Waals surface area contributed by atoms with Crippen molar-refractivity contribution in [3.05, 3.63) is 0 Å². The lowest BCUT2D eigenvalue weighted by atomic mass is 10.0. The maximum atomic E-state index is 11.9. The SMILES string of the molecule is CC(C)NCCC(=O)N1CCC(C(=O)O)C1C. The summed E-state index contributed by atoms with van der Waals surface area (Å²) in [5, 5.41) is 12.2. The van der Waals surface area contributed by atoms with Gasteiger partial charge in [-0.05, 0) is 13.3 Å². The van der Waals surface area contributed by atoms with Gasteiger partial charge in [-0.3, -0.25) is 9.59 Å². The highest BCUT2D eigenvalue weighted by Gasteiger charge is 2.37. The molecule has 17 heavy (non-hydrogen) atoms. The maximum absolute atomic E-state index is 11.9. The zero-order chi connectivity index (χ0) is 13.0. The van der Waals surface area contributed by atoms with E-state index in [2.05, 4.69) is 5.32 Å². The van der Waals surface area contributed by atoms with Crippen molar-refractivity contribution in [2.45, 2.75) is 45.7 Å². The topological polar surface area (TPSA) is 69.6 Å². The molecule has 2 N–H and O–H groups in total. The van der Waals surface area contributed by atoms with Gasteiger partial charge in [0, 0.05) is 31.6 Å². The second-order valence-corrected chi connectivity index (χ2v) is 4.92. The lowest BCUT2D eigenvalue weighted by Crippen LogP contribution is -2.39. The molecule has 1 aliphatic rings. The molecule has 0 saturated carbocycles. The Balaban J connectivity index is 2.41. The molecule has 5 heteroatoms. The highest BCUT2D eigenvalue weighted by Crippen LogP contribution is 2.24. The van der Waals surface area contributed by atoms with Gasteiger partial charge >= 0.3 is 5.97 Å². The molecule has 2 unspecified atom stereocenters. The third kappa shape index (κ3) is 3.70. The fourth-order valence-electron chi connectivity index (χ4n) is 2.23. The molecule has 0 spiro atoms. The summed E-state index contributed by atoms with van der Waals surface area (Å²) in [5.41, 5.74) is 0. The van der Waals surface area contributed by atoms with Crippen LogP contribution < -0.4 is 5.32 Å². The Morgan fingerprint density at radius 1 is 1.47 bits per heavy atom. The van der Waals surface area contributed by atoms with Gasteiger partial charge < -0.3 is 15.3 Å². The fraction of sp³-hybridized carbons (Fsp3) is 0.833. The molecule has 1 saturated heterocycles. The predicted octanol–water partition coefficient (Wildman–Crippen LogP) is 0.696. The van der Waals surface area contributed by atoms with Gasteiger partial charge in [-0.2, -0.15) is 0 Å². The molecule has 1 amide bonds. The van der Waals surface area contributed by atoms with Crippen molar-refractivity contribution in [1.29, 1.82) is 0 Å². The van der Waals surface area contributed by atoms with Crippen LogP contribution in [-0.4, -0.2) is 47.1 Å². The van der Waals surface area contributed by atoms with Crippen molar-refractivity contribution in [3.8, 4) is 0 Å². The summed E-state index contributed by atoms with van der Waals surface area (Å²) >= 11 is 0. The first-order chi connectivity index (χ1) is 7.93. The summed E-state index contributed by atoms with van der Waals surface area (Å²) in [5.74, 6) is -1.15. The summed E-state index contributed by atoms with van der Waals surface area (Å²) in [4.78, 5) is 24.5. The largest absolute Gasteiger partial charge is 0.481 e. The van der Waals surface area contributed by atoms with Gasteiger partial charge in [0.1, 0.15) is 0 Å². The van der Waals surface area contributed by atoms with E-state index in [1.807, 2.05) is 20.8 Å². The van der Waals surface area contributed by atoms with E-state index >= 15 is 0 Å². The Kier molecular flexibility index (Phi) is 4.93. The van der Waals surface area contributed by atoms with Gasteiger partial charge in [-0.25, -0.2) is 0 Å². The maximum Gasteiger partial charge on any atom is 0.308 e. The molecular weight excluding hydrogens is 220 g/mol. The molecule has 0 aromatic heterocycles. The molecule has 0 aromatic rings. The minimum Gasteiger partial charge on any atom is -0.481 e. The summed E-state index contributed by atoms with van der Waals surface area (Å²) in [6.45, 7) is 7.10. The molecule has 98 valence electrons. The third-order valence-electron chi connectivity index (χ3n) is 3.28. The Labute approximate surface area is 102 Å². The summed E-state index contributed by atoms with van der Waals surface area (Å²) < 4.78 is 0. The molecule has 1 fully saturated rings. The molecule has 0 bridgehead atoms. The quantitative estimate of drug-likeness (QED) is 0.744. The number of carboxylic acid groups (broad SMARTS) is 1. The van der Waals surface area contributed by atoms with E-state index in [1.165, 1.54) is 0 Å². The molecule has 0 radical (unpaired) electrons. The van der Waals surface area contributed by atoms with Crippen LogP contribution in [0.25, 0.3) is 0 Å². The highest BCUT2D eigenvalue weighted by atomic mass is 16.4.